The largest absolute Gasteiger partial charge is 0.495 e. The minimum Gasteiger partial charge on any atom is -0.495 e. The summed E-state index contributed by atoms with van der Waals surface area (Å²) in [5.74, 6) is 1.21. The molecule has 156 valence electrons. The molecule has 0 aliphatic carbocycles. The molecule has 7 heteroatoms. The van der Waals surface area contributed by atoms with Crippen molar-refractivity contribution >= 4 is 11.6 Å². The number of aliphatic imine (C=N–C) groups is 1. The summed E-state index contributed by atoms with van der Waals surface area (Å²) in [4.78, 5) is 6.94. The lowest BCUT2D eigenvalue weighted by atomic mass is 10.1. The molecule has 0 saturated carbocycles. The first-order valence-corrected chi connectivity index (χ1v) is 9.95. The van der Waals surface area contributed by atoms with E-state index in [1.54, 1.807) is 19.2 Å². The number of hydrogen-bond acceptors (Lipinski definition) is 4. The Morgan fingerprint density at radius 2 is 2.14 bits per heavy atom. The maximum atomic E-state index is 13.6. The second kappa shape index (κ2) is 10.1. The molecule has 0 bridgehead atoms. The molecule has 0 aromatic heterocycles. The first-order chi connectivity index (χ1) is 14.1. The Morgan fingerprint density at radius 3 is 2.90 bits per heavy atom. The van der Waals surface area contributed by atoms with E-state index in [-0.39, 0.29) is 12.6 Å². The van der Waals surface area contributed by atoms with Gasteiger partial charge in [0.2, 0.25) is 0 Å². The quantitative estimate of drug-likeness (QED) is 0.493. The number of benzene rings is 2. The molecular formula is C22H29FN4O2. The zero-order chi connectivity index (χ0) is 20.6. The SMILES string of the molecule is CCNC(=NCc1ccc(F)c(CO)c1)NC1CCN(c2ccccc2OC)C1. The number of rotatable bonds is 7. The van der Waals surface area contributed by atoms with E-state index >= 15 is 0 Å². The van der Waals surface area contributed by atoms with Crippen molar-refractivity contribution in [2.75, 3.05) is 31.6 Å². The number of ether oxygens (including phenoxy) is 1. The number of para-hydroxylation sites is 2. The number of methoxy groups -OCH3 is 1. The van der Waals surface area contributed by atoms with Crippen molar-refractivity contribution in [3.63, 3.8) is 0 Å². The van der Waals surface area contributed by atoms with E-state index in [2.05, 4.69) is 26.6 Å². The molecular weight excluding hydrogens is 371 g/mol. The van der Waals surface area contributed by atoms with Gasteiger partial charge in [0.05, 0.1) is 25.9 Å². The van der Waals surface area contributed by atoms with Gasteiger partial charge in [-0.15, -0.1) is 0 Å². The van der Waals surface area contributed by atoms with Crippen LogP contribution in [0.25, 0.3) is 0 Å². The lowest BCUT2D eigenvalue weighted by molar-refractivity contribution is 0.275. The van der Waals surface area contributed by atoms with E-state index in [9.17, 15) is 9.50 Å². The van der Waals surface area contributed by atoms with E-state index in [1.807, 2.05) is 25.1 Å². The van der Waals surface area contributed by atoms with Gasteiger partial charge >= 0.3 is 0 Å². The van der Waals surface area contributed by atoms with E-state index in [1.165, 1.54) is 6.07 Å². The van der Waals surface area contributed by atoms with Crippen LogP contribution in [-0.4, -0.2) is 43.9 Å². The molecule has 1 heterocycles. The molecule has 0 spiro atoms. The average molecular weight is 400 g/mol. The van der Waals surface area contributed by atoms with Crippen molar-refractivity contribution in [2.45, 2.75) is 32.5 Å². The monoisotopic (exact) mass is 400 g/mol. The van der Waals surface area contributed by atoms with E-state index in [4.69, 9.17) is 4.74 Å². The van der Waals surface area contributed by atoms with Crippen molar-refractivity contribution in [3.8, 4) is 5.75 Å². The van der Waals surface area contributed by atoms with Crippen LogP contribution in [0.3, 0.4) is 0 Å². The van der Waals surface area contributed by atoms with Gasteiger partial charge in [-0.05, 0) is 43.2 Å². The first kappa shape index (κ1) is 20.9. The number of anilines is 1. The highest BCUT2D eigenvalue weighted by atomic mass is 19.1. The Bertz CT molecular complexity index is 843. The minimum atomic E-state index is -0.396. The molecule has 1 atom stereocenters. The van der Waals surface area contributed by atoms with Gasteiger partial charge in [-0.1, -0.05) is 18.2 Å². The van der Waals surface area contributed by atoms with Crippen molar-refractivity contribution in [1.82, 2.24) is 10.6 Å². The highest BCUT2D eigenvalue weighted by Gasteiger charge is 2.25. The van der Waals surface area contributed by atoms with Crippen LogP contribution in [0.15, 0.2) is 47.5 Å². The first-order valence-electron chi connectivity index (χ1n) is 9.95. The fraction of sp³-hybridized carbons (Fsp3) is 0.409. The fourth-order valence-electron chi connectivity index (χ4n) is 3.52. The van der Waals surface area contributed by atoms with Crippen LogP contribution in [0.2, 0.25) is 0 Å². The summed E-state index contributed by atoms with van der Waals surface area (Å²) in [5.41, 5.74) is 2.25. The number of aliphatic hydroxyl groups is 1. The summed E-state index contributed by atoms with van der Waals surface area (Å²) in [5, 5.41) is 16.0. The van der Waals surface area contributed by atoms with Gasteiger partial charge in [-0.25, -0.2) is 9.38 Å². The van der Waals surface area contributed by atoms with Crippen LogP contribution in [0.4, 0.5) is 10.1 Å². The van der Waals surface area contributed by atoms with Gasteiger partial charge in [0.1, 0.15) is 11.6 Å². The number of nitrogens with one attached hydrogen (secondary N) is 2. The van der Waals surface area contributed by atoms with Gasteiger partial charge < -0.3 is 25.4 Å². The maximum Gasteiger partial charge on any atom is 0.191 e. The normalized spacial score (nSPS) is 16.8. The third-order valence-corrected chi connectivity index (χ3v) is 5.00. The second-order valence-corrected chi connectivity index (χ2v) is 7.03. The molecule has 1 aliphatic rings. The molecule has 6 nitrogen and oxygen atoms in total. The summed E-state index contributed by atoms with van der Waals surface area (Å²) < 4.78 is 19.0. The van der Waals surface area contributed by atoms with Crippen LogP contribution < -0.4 is 20.3 Å². The number of aliphatic hydroxyl groups excluding tert-OH is 1. The molecule has 2 aromatic rings. The maximum absolute atomic E-state index is 13.6. The summed E-state index contributed by atoms with van der Waals surface area (Å²) in [6, 6.07) is 13.0. The van der Waals surface area contributed by atoms with E-state index in [0.717, 1.165) is 49.0 Å². The molecule has 1 saturated heterocycles. The predicted octanol–water partition coefficient (Wildman–Crippen LogP) is 2.66. The Labute approximate surface area is 171 Å². The lowest BCUT2D eigenvalue weighted by Gasteiger charge is -2.22. The molecule has 3 N–H and O–H groups in total. The molecule has 1 unspecified atom stereocenters. The molecule has 3 rings (SSSR count). The van der Waals surface area contributed by atoms with Gasteiger partial charge in [-0.3, -0.25) is 0 Å². The summed E-state index contributed by atoms with van der Waals surface area (Å²) >= 11 is 0. The van der Waals surface area contributed by atoms with Gasteiger partial charge in [-0.2, -0.15) is 0 Å². The smallest absolute Gasteiger partial charge is 0.191 e. The molecule has 29 heavy (non-hydrogen) atoms. The van der Waals surface area contributed by atoms with Gasteiger partial charge in [0.15, 0.2) is 5.96 Å². The highest BCUT2D eigenvalue weighted by Crippen LogP contribution is 2.30. The number of nitrogens with zero attached hydrogens (tertiary/aromatic N) is 2. The average Bonchev–Trinajstić information content (AvgIpc) is 3.21. The van der Waals surface area contributed by atoms with Crippen molar-refractivity contribution in [1.29, 1.82) is 0 Å². The summed E-state index contributed by atoms with van der Waals surface area (Å²) in [6.07, 6.45) is 0.994. The van der Waals surface area contributed by atoms with Crippen LogP contribution in [0.5, 0.6) is 5.75 Å². The number of guanidine groups is 1. The fourth-order valence-corrected chi connectivity index (χ4v) is 3.52. The molecule has 1 fully saturated rings. The van der Waals surface area contributed by atoms with Crippen molar-refractivity contribution in [3.05, 3.63) is 59.4 Å². The number of hydrogen-bond donors (Lipinski definition) is 3. The van der Waals surface area contributed by atoms with Gasteiger partial charge in [0, 0.05) is 31.2 Å². The Hall–Kier alpha value is -2.80. The van der Waals surface area contributed by atoms with Crippen molar-refractivity contribution < 1.29 is 14.2 Å². The summed E-state index contributed by atoms with van der Waals surface area (Å²) in [6.45, 7) is 4.66. The van der Waals surface area contributed by atoms with Crippen LogP contribution >= 0.6 is 0 Å². The Balaban J connectivity index is 1.64. The van der Waals surface area contributed by atoms with Crippen molar-refractivity contribution in [2.24, 2.45) is 4.99 Å². The standard InChI is InChI=1S/C22H29FN4O2/c1-3-24-22(25-13-16-8-9-19(23)17(12-16)15-28)26-18-10-11-27(14-18)20-6-4-5-7-21(20)29-2/h4-9,12,18,28H,3,10-11,13-15H2,1-2H3,(H2,24,25,26). The molecule has 0 radical (unpaired) electrons. The highest BCUT2D eigenvalue weighted by molar-refractivity contribution is 5.80. The van der Waals surface area contributed by atoms with E-state index in [0.29, 0.717) is 12.1 Å². The van der Waals surface area contributed by atoms with E-state index < -0.39 is 5.82 Å². The molecule has 1 aliphatic heterocycles. The Kier molecular flexibility index (Phi) is 7.30. The number of halogens is 1. The molecule has 0 amide bonds. The lowest BCUT2D eigenvalue weighted by Crippen LogP contribution is -2.44. The molecule has 2 aromatic carbocycles. The minimum absolute atomic E-state index is 0.263. The third kappa shape index (κ3) is 5.38. The zero-order valence-corrected chi connectivity index (χ0v) is 17.0. The zero-order valence-electron chi connectivity index (χ0n) is 17.0. The predicted molar refractivity (Wildman–Crippen MR) is 114 cm³/mol. The van der Waals surface area contributed by atoms with Gasteiger partial charge in [0.25, 0.3) is 0 Å². The topological polar surface area (TPSA) is 69.1 Å². The Morgan fingerprint density at radius 1 is 1.31 bits per heavy atom. The van der Waals surface area contributed by atoms with Crippen LogP contribution in [-0.2, 0) is 13.2 Å². The van der Waals surface area contributed by atoms with Crippen LogP contribution in [0, 0.1) is 5.82 Å². The summed E-state index contributed by atoms with van der Waals surface area (Å²) in [7, 11) is 1.69. The van der Waals surface area contributed by atoms with Crippen LogP contribution in [0.1, 0.15) is 24.5 Å². The third-order valence-electron chi connectivity index (χ3n) is 5.00. The second-order valence-electron chi connectivity index (χ2n) is 7.03.